The molecule has 0 aliphatic carbocycles. The first kappa shape index (κ1) is 14.4. The van der Waals surface area contributed by atoms with Crippen LogP contribution in [0, 0.1) is 0 Å². The van der Waals surface area contributed by atoms with Crippen LogP contribution in [0.2, 0.25) is 0 Å². The molecule has 0 radical (unpaired) electrons. The molecule has 0 saturated heterocycles. The Morgan fingerprint density at radius 2 is 1.95 bits per heavy atom. The van der Waals surface area contributed by atoms with Crippen LogP contribution in [0.5, 0.6) is 5.75 Å². The number of carbonyl (C=O) groups excluding carboxylic acids is 1. The lowest BCUT2D eigenvalue weighted by molar-refractivity contribution is -0.158. The molecule has 0 saturated carbocycles. The van der Waals surface area contributed by atoms with Gasteiger partial charge in [0.05, 0.1) is 7.11 Å². The summed E-state index contributed by atoms with van der Waals surface area (Å²) in [6.45, 7) is 7.46. The average Bonchev–Trinajstić information content (AvgIpc) is 2.78. The fourth-order valence-corrected chi connectivity index (χ4v) is 2.11. The molecule has 1 unspecified atom stereocenters. The van der Waals surface area contributed by atoms with Crippen LogP contribution < -0.4 is 4.74 Å². The van der Waals surface area contributed by atoms with Gasteiger partial charge in [0.15, 0.2) is 0 Å². The van der Waals surface area contributed by atoms with Gasteiger partial charge in [0.1, 0.15) is 17.4 Å². The number of ether oxygens (including phenoxy) is 2. The molecule has 1 aromatic heterocycles. The molecule has 2 aromatic rings. The van der Waals surface area contributed by atoms with Gasteiger partial charge < -0.3 is 14.0 Å². The van der Waals surface area contributed by atoms with Crippen LogP contribution >= 0.6 is 0 Å². The molecule has 0 bridgehead atoms. The van der Waals surface area contributed by atoms with Crippen molar-refractivity contribution in [2.45, 2.75) is 39.3 Å². The largest absolute Gasteiger partial charge is 0.497 e. The first-order valence-corrected chi connectivity index (χ1v) is 6.69. The SMILES string of the molecule is COc1ccc2c(ccn2C(C)C(=O)OC(C)(C)C)c1. The molecule has 0 N–H and O–H groups in total. The number of hydrogen-bond donors (Lipinski definition) is 0. The van der Waals surface area contributed by atoms with Crippen molar-refractivity contribution in [3.05, 3.63) is 30.5 Å². The van der Waals surface area contributed by atoms with E-state index in [9.17, 15) is 4.79 Å². The maximum atomic E-state index is 12.2. The third-order valence-corrected chi connectivity index (χ3v) is 3.09. The summed E-state index contributed by atoms with van der Waals surface area (Å²) in [5, 5.41) is 1.04. The number of aromatic nitrogens is 1. The van der Waals surface area contributed by atoms with Crippen molar-refractivity contribution in [3.63, 3.8) is 0 Å². The Morgan fingerprint density at radius 1 is 1.25 bits per heavy atom. The summed E-state index contributed by atoms with van der Waals surface area (Å²) in [5.74, 6) is 0.575. The van der Waals surface area contributed by atoms with Gasteiger partial charge in [-0.1, -0.05) is 0 Å². The Hall–Kier alpha value is -1.97. The van der Waals surface area contributed by atoms with E-state index in [1.165, 1.54) is 0 Å². The maximum Gasteiger partial charge on any atom is 0.329 e. The fraction of sp³-hybridized carbons (Fsp3) is 0.438. The number of esters is 1. The molecule has 20 heavy (non-hydrogen) atoms. The van der Waals surface area contributed by atoms with Crippen LogP contribution in [0.3, 0.4) is 0 Å². The minimum absolute atomic E-state index is 0.231. The number of fused-ring (bicyclic) bond motifs is 1. The van der Waals surface area contributed by atoms with Crippen LogP contribution in [0.15, 0.2) is 30.5 Å². The minimum atomic E-state index is -0.475. The second kappa shape index (κ2) is 5.19. The third kappa shape index (κ3) is 2.95. The van der Waals surface area contributed by atoms with Crippen molar-refractivity contribution in [3.8, 4) is 5.75 Å². The van der Waals surface area contributed by atoms with Crippen molar-refractivity contribution in [2.75, 3.05) is 7.11 Å². The van der Waals surface area contributed by atoms with E-state index in [4.69, 9.17) is 9.47 Å². The molecule has 0 spiro atoms. The van der Waals surface area contributed by atoms with Crippen molar-refractivity contribution < 1.29 is 14.3 Å². The Labute approximate surface area is 119 Å². The van der Waals surface area contributed by atoms with E-state index in [1.54, 1.807) is 7.11 Å². The van der Waals surface area contributed by atoms with E-state index < -0.39 is 5.60 Å². The summed E-state index contributed by atoms with van der Waals surface area (Å²) in [7, 11) is 1.64. The molecule has 2 rings (SSSR count). The molecule has 0 amide bonds. The van der Waals surface area contributed by atoms with Crippen molar-refractivity contribution >= 4 is 16.9 Å². The predicted octanol–water partition coefficient (Wildman–Crippen LogP) is 3.55. The summed E-state index contributed by atoms with van der Waals surface area (Å²) >= 11 is 0. The molecule has 1 aromatic carbocycles. The van der Waals surface area contributed by atoms with Crippen molar-refractivity contribution in [2.24, 2.45) is 0 Å². The summed E-state index contributed by atoms with van der Waals surface area (Å²) in [6, 6.07) is 7.40. The summed E-state index contributed by atoms with van der Waals surface area (Å²) in [4.78, 5) is 12.2. The third-order valence-electron chi connectivity index (χ3n) is 3.09. The summed E-state index contributed by atoms with van der Waals surface area (Å²) in [5.41, 5.74) is 0.515. The lowest BCUT2D eigenvalue weighted by Crippen LogP contribution is -2.28. The van der Waals surface area contributed by atoms with Gasteiger partial charge in [0.2, 0.25) is 0 Å². The number of nitrogens with zero attached hydrogens (tertiary/aromatic N) is 1. The average molecular weight is 275 g/mol. The fourth-order valence-electron chi connectivity index (χ4n) is 2.11. The molecule has 1 heterocycles. The molecular formula is C16H21NO3. The zero-order valence-corrected chi connectivity index (χ0v) is 12.6. The van der Waals surface area contributed by atoms with Gasteiger partial charge in [-0.15, -0.1) is 0 Å². The van der Waals surface area contributed by atoms with Gasteiger partial charge in [0.25, 0.3) is 0 Å². The van der Waals surface area contributed by atoms with E-state index >= 15 is 0 Å². The highest BCUT2D eigenvalue weighted by Gasteiger charge is 2.23. The highest BCUT2D eigenvalue weighted by Crippen LogP contribution is 2.25. The monoisotopic (exact) mass is 275 g/mol. The van der Waals surface area contributed by atoms with Gasteiger partial charge in [-0.25, -0.2) is 4.79 Å². The first-order chi connectivity index (χ1) is 9.31. The van der Waals surface area contributed by atoms with Crippen LogP contribution in [-0.4, -0.2) is 23.2 Å². The molecule has 1 atom stereocenters. The standard InChI is InChI=1S/C16H21NO3/c1-11(15(18)20-16(2,3)4)17-9-8-12-10-13(19-5)6-7-14(12)17/h6-11H,1-5H3. The Kier molecular flexibility index (Phi) is 3.75. The maximum absolute atomic E-state index is 12.2. The second-order valence-electron chi connectivity index (χ2n) is 5.86. The van der Waals surface area contributed by atoms with Gasteiger partial charge in [0, 0.05) is 17.1 Å². The van der Waals surface area contributed by atoms with Crippen LogP contribution in [0.4, 0.5) is 0 Å². The zero-order chi connectivity index (χ0) is 14.9. The molecule has 4 nitrogen and oxygen atoms in total. The lowest BCUT2D eigenvalue weighted by Gasteiger charge is -2.23. The number of benzene rings is 1. The topological polar surface area (TPSA) is 40.5 Å². The van der Waals surface area contributed by atoms with Gasteiger partial charge in [-0.3, -0.25) is 0 Å². The molecule has 108 valence electrons. The molecule has 0 aliphatic heterocycles. The van der Waals surface area contributed by atoms with Crippen molar-refractivity contribution in [1.82, 2.24) is 4.57 Å². The molecule has 0 aliphatic rings. The number of rotatable bonds is 3. The van der Waals surface area contributed by atoms with Crippen LogP contribution in [-0.2, 0) is 9.53 Å². The van der Waals surface area contributed by atoms with E-state index in [0.29, 0.717) is 0 Å². The van der Waals surface area contributed by atoms with Crippen LogP contribution in [0.25, 0.3) is 10.9 Å². The number of methoxy groups -OCH3 is 1. The minimum Gasteiger partial charge on any atom is -0.497 e. The number of carbonyl (C=O) groups is 1. The van der Waals surface area contributed by atoms with E-state index in [-0.39, 0.29) is 12.0 Å². The normalized spacial score (nSPS) is 13.2. The smallest absolute Gasteiger partial charge is 0.329 e. The zero-order valence-electron chi connectivity index (χ0n) is 12.6. The van der Waals surface area contributed by atoms with Gasteiger partial charge in [-0.2, -0.15) is 0 Å². The first-order valence-electron chi connectivity index (χ1n) is 6.69. The van der Waals surface area contributed by atoms with E-state index in [2.05, 4.69) is 0 Å². The van der Waals surface area contributed by atoms with E-state index in [1.807, 2.05) is 62.7 Å². The number of hydrogen-bond acceptors (Lipinski definition) is 3. The summed E-state index contributed by atoms with van der Waals surface area (Å²) in [6.07, 6.45) is 1.90. The Balaban J connectivity index is 2.31. The molecular weight excluding hydrogens is 254 g/mol. The van der Waals surface area contributed by atoms with Crippen LogP contribution in [0.1, 0.15) is 33.7 Å². The molecule has 4 heteroatoms. The quantitative estimate of drug-likeness (QED) is 0.804. The molecule has 0 fully saturated rings. The van der Waals surface area contributed by atoms with Gasteiger partial charge >= 0.3 is 5.97 Å². The lowest BCUT2D eigenvalue weighted by atomic mass is 10.2. The highest BCUT2D eigenvalue weighted by molar-refractivity contribution is 5.84. The second-order valence-corrected chi connectivity index (χ2v) is 5.86. The summed E-state index contributed by atoms with van der Waals surface area (Å²) < 4.78 is 12.6. The Morgan fingerprint density at radius 3 is 2.55 bits per heavy atom. The highest BCUT2D eigenvalue weighted by atomic mass is 16.6. The van der Waals surface area contributed by atoms with Gasteiger partial charge in [-0.05, 0) is 52.0 Å². The van der Waals surface area contributed by atoms with Crippen molar-refractivity contribution in [1.29, 1.82) is 0 Å². The van der Waals surface area contributed by atoms with E-state index in [0.717, 1.165) is 16.7 Å². The Bertz CT molecular complexity index is 622. The predicted molar refractivity (Wildman–Crippen MR) is 79.0 cm³/mol.